The van der Waals surface area contributed by atoms with Crippen molar-refractivity contribution >= 4 is 34.0 Å². The van der Waals surface area contributed by atoms with Crippen LogP contribution in [-0.4, -0.2) is 41.5 Å². The minimum absolute atomic E-state index is 0. The highest BCUT2D eigenvalue weighted by Crippen LogP contribution is 2.23. The molecule has 0 aromatic heterocycles. The van der Waals surface area contributed by atoms with Crippen molar-refractivity contribution in [2.75, 3.05) is 31.5 Å². The van der Waals surface area contributed by atoms with Crippen LogP contribution in [-0.2, 0) is 10.0 Å². The van der Waals surface area contributed by atoms with E-state index in [0.717, 1.165) is 5.56 Å². The Morgan fingerprint density at radius 2 is 1.73 bits per heavy atom. The minimum Gasteiger partial charge on any atom is -0.351 e. The number of carbonyl (C=O) groups is 1. The van der Waals surface area contributed by atoms with Crippen molar-refractivity contribution in [2.45, 2.75) is 11.8 Å². The second-order valence-corrected chi connectivity index (χ2v) is 7.66. The van der Waals surface area contributed by atoms with Gasteiger partial charge in [-0.25, -0.2) is 8.42 Å². The number of rotatable bonds is 7. The van der Waals surface area contributed by atoms with Crippen molar-refractivity contribution < 1.29 is 13.2 Å². The second kappa shape index (κ2) is 9.56. The molecule has 0 saturated heterocycles. The van der Waals surface area contributed by atoms with Crippen LogP contribution < -0.4 is 14.9 Å². The summed E-state index contributed by atoms with van der Waals surface area (Å²) in [6.45, 7) is 3.05. The van der Waals surface area contributed by atoms with Crippen molar-refractivity contribution in [1.29, 1.82) is 0 Å². The molecule has 0 fully saturated rings. The highest BCUT2D eigenvalue weighted by atomic mass is 35.5. The molecule has 142 valence electrons. The van der Waals surface area contributed by atoms with Gasteiger partial charge in [0.1, 0.15) is 0 Å². The normalized spacial score (nSPS) is 10.7. The summed E-state index contributed by atoms with van der Waals surface area (Å²) in [7, 11) is -0.453. The molecule has 0 saturated carbocycles. The monoisotopic (exact) mass is 397 g/mol. The molecular weight excluding hydrogens is 374 g/mol. The number of likely N-dealkylation sites (N-methyl/N-ethyl adjacent to an activating group) is 1. The van der Waals surface area contributed by atoms with Crippen molar-refractivity contribution in [3.63, 3.8) is 0 Å². The first-order valence-electron chi connectivity index (χ1n) is 7.94. The first-order chi connectivity index (χ1) is 11.9. The molecule has 0 unspecified atom stereocenters. The summed E-state index contributed by atoms with van der Waals surface area (Å²) in [5, 5.41) is 5.67. The Morgan fingerprint density at radius 3 is 2.35 bits per heavy atom. The van der Waals surface area contributed by atoms with Gasteiger partial charge in [-0.05, 0) is 44.3 Å². The van der Waals surface area contributed by atoms with E-state index in [4.69, 9.17) is 0 Å². The molecule has 0 aliphatic rings. The van der Waals surface area contributed by atoms with Gasteiger partial charge in [0.15, 0.2) is 0 Å². The number of carbonyl (C=O) groups excluding carboxylic acids is 1. The molecule has 6 nitrogen and oxygen atoms in total. The summed E-state index contributed by atoms with van der Waals surface area (Å²) in [6.07, 6.45) is 0. The molecule has 2 rings (SSSR count). The Balaban J connectivity index is 0.00000338. The van der Waals surface area contributed by atoms with Gasteiger partial charge < -0.3 is 10.6 Å². The summed E-state index contributed by atoms with van der Waals surface area (Å²) in [6, 6.07) is 13.3. The highest BCUT2D eigenvalue weighted by Gasteiger charge is 2.22. The molecule has 0 aliphatic carbocycles. The third kappa shape index (κ3) is 5.20. The summed E-state index contributed by atoms with van der Waals surface area (Å²) >= 11 is 0. The van der Waals surface area contributed by atoms with E-state index in [1.165, 1.54) is 23.5 Å². The Morgan fingerprint density at radius 1 is 1.08 bits per heavy atom. The van der Waals surface area contributed by atoms with Crippen LogP contribution >= 0.6 is 12.4 Å². The molecule has 0 aliphatic heterocycles. The van der Waals surface area contributed by atoms with Gasteiger partial charge in [0, 0.05) is 25.7 Å². The molecule has 1 amide bonds. The molecule has 26 heavy (non-hydrogen) atoms. The van der Waals surface area contributed by atoms with Crippen LogP contribution in [0.2, 0.25) is 0 Å². The zero-order chi connectivity index (χ0) is 18.4. The van der Waals surface area contributed by atoms with Gasteiger partial charge in [-0.2, -0.15) is 0 Å². The first kappa shape index (κ1) is 22.0. The summed E-state index contributed by atoms with van der Waals surface area (Å²) in [4.78, 5) is 12.2. The SMILES string of the molecule is CNCCNC(=O)c1cccc(S(=O)(=O)N(C)c2ccc(C)cc2)c1.Cl. The molecule has 8 heteroatoms. The van der Waals surface area contributed by atoms with E-state index < -0.39 is 10.0 Å². The average Bonchev–Trinajstić information content (AvgIpc) is 2.62. The van der Waals surface area contributed by atoms with Crippen molar-refractivity contribution in [2.24, 2.45) is 0 Å². The van der Waals surface area contributed by atoms with Gasteiger partial charge in [-0.1, -0.05) is 23.8 Å². The number of halogens is 1. The number of amides is 1. The maximum atomic E-state index is 12.8. The Bertz CT molecular complexity index is 839. The van der Waals surface area contributed by atoms with Crippen LogP contribution in [0, 0.1) is 6.92 Å². The second-order valence-electron chi connectivity index (χ2n) is 5.70. The predicted molar refractivity (Wildman–Crippen MR) is 107 cm³/mol. The van der Waals surface area contributed by atoms with Gasteiger partial charge in [0.2, 0.25) is 0 Å². The van der Waals surface area contributed by atoms with E-state index in [-0.39, 0.29) is 23.2 Å². The van der Waals surface area contributed by atoms with E-state index in [1.807, 2.05) is 19.1 Å². The highest BCUT2D eigenvalue weighted by molar-refractivity contribution is 7.92. The quantitative estimate of drug-likeness (QED) is 0.702. The number of anilines is 1. The van der Waals surface area contributed by atoms with E-state index in [0.29, 0.717) is 24.3 Å². The molecule has 0 radical (unpaired) electrons. The number of benzene rings is 2. The fraction of sp³-hybridized carbons (Fsp3) is 0.278. The largest absolute Gasteiger partial charge is 0.351 e. The molecule has 2 N–H and O–H groups in total. The molecule has 0 bridgehead atoms. The van der Waals surface area contributed by atoms with E-state index in [9.17, 15) is 13.2 Å². The van der Waals surface area contributed by atoms with E-state index >= 15 is 0 Å². The fourth-order valence-corrected chi connectivity index (χ4v) is 3.49. The number of hydrogen-bond acceptors (Lipinski definition) is 4. The zero-order valence-electron chi connectivity index (χ0n) is 15.0. The van der Waals surface area contributed by atoms with Crippen LogP contribution in [0.15, 0.2) is 53.4 Å². The van der Waals surface area contributed by atoms with Gasteiger partial charge >= 0.3 is 0 Å². The third-order valence-electron chi connectivity index (χ3n) is 3.81. The fourth-order valence-electron chi connectivity index (χ4n) is 2.25. The van der Waals surface area contributed by atoms with Gasteiger partial charge in [0.05, 0.1) is 10.6 Å². The molecule has 0 heterocycles. The summed E-state index contributed by atoms with van der Waals surface area (Å²) in [5.74, 6) is -0.301. The van der Waals surface area contributed by atoms with E-state index in [1.54, 1.807) is 31.3 Å². The molecule has 2 aromatic rings. The topological polar surface area (TPSA) is 78.5 Å². The maximum Gasteiger partial charge on any atom is 0.264 e. The minimum atomic E-state index is -3.75. The van der Waals surface area contributed by atoms with Crippen LogP contribution in [0.5, 0.6) is 0 Å². The molecular formula is C18H24ClN3O3S. The Hall–Kier alpha value is -2.09. The van der Waals surface area contributed by atoms with Gasteiger partial charge in [-0.15, -0.1) is 12.4 Å². The Kier molecular flexibility index (Phi) is 8.08. The van der Waals surface area contributed by atoms with Gasteiger partial charge in [0.25, 0.3) is 15.9 Å². The molecule has 0 atom stereocenters. The predicted octanol–water partition coefficient (Wildman–Crippen LogP) is 2.19. The van der Waals surface area contributed by atoms with Crippen molar-refractivity contribution in [3.8, 4) is 0 Å². The number of sulfonamides is 1. The lowest BCUT2D eigenvalue weighted by Crippen LogP contribution is -2.31. The van der Waals surface area contributed by atoms with E-state index in [2.05, 4.69) is 10.6 Å². The van der Waals surface area contributed by atoms with Crippen LogP contribution in [0.3, 0.4) is 0 Å². The number of nitrogens with zero attached hydrogens (tertiary/aromatic N) is 1. The summed E-state index contributed by atoms with van der Waals surface area (Å²) in [5.41, 5.74) is 1.93. The molecule has 2 aromatic carbocycles. The van der Waals surface area contributed by atoms with Crippen LogP contribution in [0.25, 0.3) is 0 Å². The smallest absolute Gasteiger partial charge is 0.264 e. The van der Waals surface area contributed by atoms with Crippen molar-refractivity contribution in [3.05, 3.63) is 59.7 Å². The maximum absolute atomic E-state index is 12.8. The van der Waals surface area contributed by atoms with Crippen LogP contribution in [0.1, 0.15) is 15.9 Å². The standard InChI is InChI=1S/C18H23N3O3S.ClH/c1-14-7-9-16(10-8-14)21(3)25(23,24)17-6-4-5-15(13-17)18(22)20-12-11-19-2;/h4-10,13,19H,11-12H2,1-3H3,(H,20,22);1H. The number of aryl methyl sites for hydroxylation is 1. The first-order valence-corrected chi connectivity index (χ1v) is 9.38. The number of hydrogen-bond donors (Lipinski definition) is 2. The van der Waals surface area contributed by atoms with Gasteiger partial charge in [-0.3, -0.25) is 9.10 Å². The lowest BCUT2D eigenvalue weighted by Gasteiger charge is -2.20. The third-order valence-corrected chi connectivity index (χ3v) is 5.59. The zero-order valence-corrected chi connectivity index (χ0v) is 16.7. The number of nitrogens with one attached hydrogen (secondary N) is 2. The lowest BCUT2D eigenvalue weighted by atomic mass is 10.2. The summed E-state index contributed by atoms with van der Waals surface area (Å²) < 4.78 is 26.9. The van der Waals surface area contributed by atoms with Crippen molar-refractivity contribution in [1.82, 2.24) is 10.6 Å². The lowest BCUT2D eigenvalue weighted by molar-refractivity contribution is 0.0954. The Labute approximate surface area is 161 Å². The molecule has 0 spiro atoms. The van der Waals surface area contributed by atoms with Crippen LogP contribution in [0.4, 0.5) is 5.69 Å². The average molecular weight is 398 g/mol.